The Kier molecular flexibility index (Phi) is 5.96. The van der Waals surface area contributed by atoms with E-state index in [9.17, 15) is 18.0 Å². The number of halogens is 4. The molecule has 3 atom stereocenters. The minimum Gasteiger partial charge on any atom is -0.352 e. The average molecular weight is 300 g/mol. The van der Waals surface area contributed by atoms with Gasteiger partial charge in [0.25, 0.3) is 0 Å². The van der Waals surface area contributed by atoms with Crippen molar-refractivity contribution in [2.75, 3.05) is 5.88 Å². The highest BCUT2D eigenvalue weighted by atomic mass is 35.5. The lowest BCUT2D eigenvalue weighted by Crippen LogP contribution is -2.44. The first kappa shape index (κ1) is 16.6. The van der Waals surface area contributed by atoms with Gasteiger partial charge in [-0.1, -0.05) is 20.3 Å². The molecule has 0 aromatic rings. The Morgan fingerprint density at radius 2 is 2.00 bits per heavy atom. The first-order chi connectivity index (χ1) is 8.75. The van der Waals surface area contributed by atoms with Gasteiger partial charge in [-0.3, -0.25) is 4.79 Å². The molecule has 19 heavy (non-hydrogen) atoms. The third kappa shape index (κ3) is 4.86. The molecule has 1 aliphatic carbocycles. The topological polar surface area (TPSA) is 29.1 Å². The summed E-state index contributed by atoms with van der Waals surface area (Å²) in [5.74, 6) is -1.72. The van der Waals surface area contributed by atoms with Gasteiger partial charge in [0.05, 0.1) is 5.92 Å². The molecule has 1 rings (SSSR count). The van der Waals surface area contributed by atoms with Crippen molar-refractivity contribution in [2.45, 2.75) is 51.7 Å². The summed E-state index contributed by atoms with van der Waals surface area (Å²) in [7, 11) is 0. The molecular weight excluding hydrogens is 279 g/mol. The Morgan fingerprint density at radius 1 is 1.37 bits per heavy atom. The third-order valence-electron chi connectivity index (χ3n) is 3.81. The zero-order chi connectivity index (χ0) is 14.6. The van der Waals surface area contributed by atoms with Gasteiger partial charge >= 0.3 is 6.18 Å². The number of hydrogen-bond acceptors (Lipinski definition) is 1. The number of amides is 1. The zero-order valence-corrected chi connectivity index (χ0v) is 12.0. The van der Waals surface area contributed by atoms with E-state index in [0.717, 1.165) is 0 Å². The van der Waals surface area contributed by atoms with Crippen molar-refractivity contribution >= 4 is 17.5 Å². The number of nitrogens with one attached hydrogen (secondary N) is 1. The number of hydrogen-bond donors (Lipinski definition) is 1. The van der Waals surface area contributed by atoms with E-state index < -0.39 is 18.0 Å². The van der Waals surface area contributed by atoms with Gasteiger partial charge in [0.1, 0.15) is 0 Å². The monoisotopic (exact) mass is 299 g/mol. The summed E-state index contributed by atoms with van der Waals surface area (Å²) in [5, 5.41) is 2.77. The van der Waals surface area contributed by atoms with E-state index in [1.54, 1.807) is 0 Å². The van der Waals surface area contributed by atoms with E-state index in [1.807, 2.05) is 13.8 Å². The third-order valence-corrected chi connectivity index (χ3v) is 4.14. The van der Waals surface area contributed by atoms with Crippen LogP contribution in [0.5, 0.6) is 0 Å². The molecule has 2 nitrogen and oxygen atoms in total. The first-order valence-electron chi connectivity index (χ1n) is 6.68. The normalized spacial score (nSPS) is 26.3. The second-order valence-corrected chi connectivity index (χ2v) is 5.92. The number of carbonyl (C=O) groups is 1. The molecule has 6 heteroatoms. The lowest BCUT2D eigenvalue weighted by molar-refractivity contribution is -0.186. The lowest BCUT2D eigenvalue weighted by Gasteiger charge is -2.31. The summed E-state index contributed by atoms with van der Waals surface area (Å²) in [6, 6.07) is -0.180. The fourth-order valence-electron chi connectivity index (χ4n) is 2.41. The van der Waals surface area contributed by atoms with E-state index in [4.69, 9.17) is 11.6 Å². The van der Waals surface area contributed by atoms with Gasteiger partial charge in [0.2, 0.25) is 5.91 Å². The molecule has 0 radical (unpaired) electrons. The smallest absolute Gasteiger partial charge is 0.352 e. The molecule has 1 fully saturated rings. The highest BCUT2D eigenvalue weighted by Crippen LogP contribution is 2.39. The van der Waals surface area contributed by atoms with Crippen molar-refractivity contribution in [3.05, 3.63) is 0 Å². The van der Waals surface area contributed by atoms with Crippen LogP contribution in [-0.2, 0) is 4.79 Å². The van der Waals surface area contributed by atoms with E-state index in [1.165, 1.54) is 0 Å². The summed E-state index contributed by atoms with van der Waals surface area (Å²) in [6.07, 6.45) is -3.16. The van der Waals surface area contributed by atoms with Gasteiger partial charge in [-0.15, -0.1) is 11.6 Å². The molecule has 112 valence electrons. The Balaban J connectivity index is 2.57. The Morgan fingerprint density at radius 3 is 2.47 bits per heavy atom. The van der Waals surface area contributed by atoms with Crippen LogP contribution >= 0.6 is 11.6 Å². The number of rotatable bonds is 4. The zero-order valence-electron chi connectivity index (χ0n) is 11.3. The predicted octanol–water partition coefficient (Wildman–Crippen LogP) is 3.73. The van der Waals surface area contributed by atoms with Crippen LogP contribution in [-0.4, -0.2) is 24.0 Å². The molecule has 0 aromatic carbocycles. The van der Waals surface area contributed by atoms with Crippen LogP contribution < -0.4 is 5.32 Å². The van der Waals surface area contributed by atoms with Crippen LogP contribution in [0.25, 0.3) is 0 Å². The molecule has 0 bridgehead atoms. The van der Waals surface area contributed by atoms with E-state index in [2.05, 4.69) is 5.32 Å². The molecule has 0 saturated heterocycles. The van der Waals surface area contributed by atoms with E-state index >= 15 is 0 Å². The maximum atomic E-state index is 12.7. The molecule has 1 aliphatic rings. The molecule has 1 N–H and O–H groups in total. The molecule has 0 aromatic heterocycles. The fourth-order valence-corrected chi connectivity index (χ4v) is 2.84. The van der Waals surface area contributed by atoms with Gasteiger partial charge in [-0.25, -0.2) is 0 Å². The van der Waals surface area contributed by atoms with Crippen LogP contribution in [0.2, 0.25) is 0 Å². The van der Waals surface area contributed by atoms with Crippen molar-refractivity contribution in [1.82, 2.24) is 5.32 Å². The maximum absolute atomic E-state index is 12.7. The van der Waals surface area contributed by atoms with Gasteiger partial charge in [-0.2, -0.15) is 13.2 Å². The van der Waals surface area contributed by atoms with Crippen molar-refractivity contribution in [1.29, 1.82) is 0 Å². The van der Waals surface area contributed by atoms with Gasteiger partial charge in [0, 0.05) is 17.8 Å². The molecule has 0 spiro atoms. The summed E-state index contributed by atoms with van der Waals surface area (Å²) in [6.45, 7) is 3.85. The minimum absolute atomic E-state index is 0.0948. The van der Waals surface area contributed by atoms with Crippen LogP contribution in [0.4, 0.5) is 13.2 Å². The number of alkyl halides is 4. The molecule has 0 aliphatic heterocycles. The molecule has 3 unspecified atom stereocenters. The van der Waals surface area contributed by atoms with Crippen LogP contribution in [0, 0.1) is 17.8 Å². The summed E-state index contributed by atoms with van der Waals surface area (Å²) in [4.78, 5) is 12.0. The van der Waals surface area contributed by atoms with Crippen LogP contribution in [0.3, 0.4) is 0 Å². The second kappa shape index (κ2) is 6.82. The van der Waals surface area contributed by atoms with Gasteiger partial charge in [-0.05, 0) is 25.2 Å². The summed E-state index contributed by atoms with van der Waals surface area (Å²) in [5.41, 5.74) is 0. The molecular formula is C13H21ClF3NO. The number of carbonyl (C=O) groups excluding carboxylic acids is 1. The Bertz CT molecular complexity index is 307. The Labute approximate surface area is 117 Å². The Hall–Kier alpha value is -0.450. The summed E-state index contributed by atoms with van der Waals surface area (Å²) >= 11 is 5.75. The summed E-state index contributed by atoms with van der Waals surface area (Å²) < 4.78 is 38.0. The molecule has 1 amide bonds. The largest absolute Gasteiger partial charge is 0.391 e. The van der Waals surface area contributed by atoms with Crippen LogP contribution in [0.15, 0.2) is 0 Å². The molecule has 1 saturated carbocycles. The van der Waals surface area contributed by atoms with E-state index in [0.29, 0.717) is 12.8 Å². The predicted molar refractivity (Wildman–Crippen MR) is 69.0 cm³/mol. The molecule has 0 heterocycles. The standard InChI is InChI=1S/C13H21ClF3NO/c1-8(2)11(7-14)18-12(19)9-4-3-5-10(6-9)13(15,16)17/h8-11H,3-7H2,1-2H3,(H,18,19). The van der Waals surface area contributed by atoms with Crippen molar-refractivity contribution in [3.63, 3.8) is 0 Å². The maximum Gasteiger partial charge on any atom is 0.391 e. The van der Waals surface area contributed by atoms with Crippen molar-refractivity contribution in [3.8, 4) is 0 Å². The fraction of sp³-hybridized carbons (Fsp3) is 0.923. The lowest BCUT2D eigenvalue weighted by atomic mass is 9.80. The van der Waals surface area contributed by atoms with Gasteiger partial charge in [0.15, 0.2) is 0 Å². The SMILES string of the molecule is CC(C)C(CCl)NC(=O)C1CCCC(C(F)(F)F)C1. The van der Waals surface area contributed by atoms with Gasteiger partial charge < -0.3 is 5.32 Å². The minimum atomic E-state index is -4.19. The average Bonchev–Trinajstić information content (AvgIpc) is 2.34. The van der Waals surface area contributed by atoms with E-state index in [-0.39, 0.29) is 36.6 Å². The van der Waals surface area contributed by atoms with Crippen molar-refractivity contribution < 1.29 is 18.0 Å². The quantitative estimate of drug-likeness (QED) is 0.787. The second-order valence-electron chi connectivity index (χ2n) is 5.62. The van der Waals surface area contributed by atoms with Crippen molar-refractivity contribution in [2.24, 2.45) is 17.8 Å². The highest BCUT2D eigenvalue weighted by molar-refractivity contribution is 6.18. The first-order valence-corrected chi connectivity index (χ1v) is 7.22. The highest BCUT2D eigenvalue weighted by Gasteiger charge is 2.43. The van der Waals surface area contributed by atoms with Crippen LogP contribution in [0.1, 0.15) is 39.5 Å².